The molecule has 2 aromatic rings. The Labute approximate surface area is 112 Å². The third-order valence-electron chi connectivity index (χ3n) is 2.63. The van der Waals surface area contributed by atoms with Crippen LogP contribution in [0.2, 0.25) is 0 Å². The maximum Gasteiger partial charge on any atom is 0.185 e. The van der Waals surface area contributed by atoms with Crippen LogP contribution in [0.4, 0.5) is 0 Å². The van der Waals surface area contributed by atoms with Crippen molar-refractivity contribution in [3.05, 3.63) is 65.7 Å². The highest BCUT2D eigenvalue weighted by atomic mass is 16.5. The summed E-state index contributed by atoms with van der Waals surface area (Å²) in [6.07, 6.45) is 0. The van der Waals surface area contributed by atoms with Crippen LogP contribution in [-0.4, -0.2) is 5.96 Å². The van der Waals surface area contributed by atoms with Crippen LogP contribution in [0.25, 0.3) is 0 Å². The highest BCUT2D eigenvalue weighted by Crippen LogP contribution is 2.15. The van der Waals surface area contributed by atoms with Gasteiger partial charge in [-0.3, -0.25) is 5.41 Å². The Kier molecular flexibility index (Phi) is 4.39. The Bertz CT molecular complexity index is 540. The molecule has 0 atom stereocenters. The largest absolute Gasteiger partial charge is 0.489 e. The van der Waals surface area contributed by atoms with Gasteiger partial charge in [-0.2, -0.15) is 0 Å². The number of ether oxygens (including phenoxy) is 1. The van der Waals surface area contributed by atoms with Crippen molar-refractivity contribution in [3.63, 3.8) is 0 Å². The van der Waals surface area contributed by atoms with E-state index in [0.29, 0.717) is 13.2 Å². The molecule has 0 aromatic heterocycles. The Balaban J connectivity index is 1.93. The van der Waals surface area contributed by atoms with E-state index in [2.05, 4.69) is 5.32 Å². The van der Waals surface area contributed by atoms with Gasteiger partial charge in [-0.25, -0.2) is 0 Å². The van der Waals surface area contributed by atoms with Gasteiger partial charge in [-0.05, 0) is 23.3 Å². The molecule has 19 heavy (non-hydrogen) atoms. The average molecular weight is 255 g/mol. The fourth-order valence-corrected chi connectivity index (χ4v) is 1.68. The van der Waals surface area contributed by atoms with E-state index in [0.717, 1.165) is 16.9 Å². The van der Waals surface area contributed by atoms with E-state index in [1.165, 1.54) is 0 Å². The molecule has 0 unspecified atom stereocenters. The molecular weight excluding hydrogens is 238 g/mol. The van der Waals surface area contributed by atoms with Crippen LogP contribution < -0.4 is 15.8 Å². The summed E-state index contributed by atoms with van der Waals surface area (Å²) in [7, 11) is 0. The second-order valence-corrected chi connectivity index (χ2v) is 4.19. The van der Waals surface area contributed by atoms with Gasteiger partial charge in [-0.15, -0.1) is 0 Å². The van der Waals surface area contributed by atoms with E-state index in [4.69, 9.17) is 15.9 Å². The van der Waals surface area contributed by atoms with Gasteiger partial charge in [0.1, 0.15) is 12.4 Å². The first kappa shape index (κ1) is 13.0. The summed E-state index contributed by atoms with van der Waals surface area (Å²) in [4.78, 5) is 0. The molecule has 0 amide bonds. The van der Waals surface area contributed by atoms with Crippen LogP contribution in [0.5, 0.6) is 5.75 Å². The van der Waals surface area contributed by atoms with Crippen LogP contribution in [0.3, 0.4) is 0 Å². The molecule has 4 nitrogen and oxygen atoms in total. The minimum atomic E-state index is -0.0318. The first-order valence-corrected chi connectivity index (χ1v) is 6.07. The number of nitrogens with one attached hydrogen (secondary N) is 2. The Morgan fingerprint density at radius 2 is 1.79 bits per heavy atom. The highest BCUT2D eigenvalue weighted by molar-refractivity contribution is 5.74. The molecule has 0 aliphatic rings. The molecule has 4 N–H and O–H groups in total. The first-order chi connectivity index (χ1) is 9.24. The summed E-state index contributed by atoms with van der Waals surface area (Å²) in [5.41, 5.74) is 7.42. The summed E-state index contributed by atoms with van der Waals surface area (Å²) in [5.74, 6) is 0.780. The molecule has 98 valence electrons. The van der Waals surface area contributed by atoms with Crippen molar-refractivity contribution in [2.75, 3.05) is 0 Å². The van der Waals surface area contributed by atoms with Crippen molar-refractivity contribution < 1.29 is 4.74 Å². The van der Waals surface area contributed by atoms with E-state index >= 15 is 0 Å². The van der Waals surface area contributed by atoms with Gasteiger partial charge in [0.25, 0.3) is 0 Å². The smallest absolute Gasteiger partial charge is 0.185 e. The summed E-state index contributed by atoms with van der Waals surface area (Å²) in [6, 6.07) is 17.8. The monoisotopic (exact) mass is 255 g/mol. The lowest BCUT2D eigenvalue weighted by Crippen LogP contribution is -2.29. The van der Waals surface area contributed by atoms with Crippen LogP contribution >= 0.6 is 0 Å². The molecule has 0 fully saturated rings. The van der Waals surface area contributed by atoms with Crippen molar-refractivity contribution in [2.24, 2.45) is 5.73 Å². The minimum Gasteiger partial charge on any atom is -0.489 e. The molecule has 0 heterocycles. The average Bonchev–Trinajstić information content (AvgIpc) is 2.44. The minimum absolute atomic E-state index is 0.0318. The number of benzene rings is 2. The molecular formula is C15H17N3O. The van der Waals surface area contributed by atoms with Gasteiger partial charge in [0, 0.05) is 6.54 Å². The molecule has 0 aliphatic heterocycles. The zero-order valence-electron chi connectivity index (χ0n) is 10.6. The predicted molar refractivity (Wildman–Crippen MR) is 76.0 cm³/mol. The van der Waals surface area contributed by atoms with Crippen LogP contribution in [0.1, 0.15) is 11.1 Å². The topological polar surface area (TPSA) is 71.1 Å². The lowest BCUT2D eigenvalue weighted by atomic mass is 10.2. The van der Waals surface area contributed by atoms with E-state index in [1.807, 2.05) is 54.6 Å². The number of rotatable bonds is 5. The standard InChI is InChI=1S/C15H17N3O/c16-15(17)18-10-13-7-4-8-14(9-13)19-11-12-5-2-1-3-6-12/h1-9H,10-11H2,(H4,16,17,18). The maximum absolute atomic E-state index is 7.13. The fourth-order valence-electron chi connectivity index (χ4n) is 1.68. The van der Waals surface area contributed by atoms with Crippen molar-refractivity contribution in [2.45, 2.75) is 13.2 Å². The predicted octanol–water partition coefficient (Wildman–Crippen LogP) is 2.25. The molecule has 0 aliphatic carbocycles. The third-order valence-corrected chi connectivity index (χ3v) is 2.63. The third kappa shape index (κ3) is 4.35. The molecule has 0 spiro atoms. The lowest BCUT2D eigenvalue weighted by Gasteiger charge is -2.09. The van der Waals surface area contributed by atoms with E-state index in [-0.39, 0.29) is 5.96 Å². The molecule has 0 bridgehead atoms. The number of hydrogen-bond acceptors (Lipinski definition) is 2. The normalized spacial score (nSPS) is 9.89. The Morgan fingerprint density at radius 1 is 1.05 bits per heavy atom. The number of hydrogen-bond donors (Lipinski definition) is 3. The molecule has 0 radical (unpaired) electrons. The number of nitrogens with two attached hydrogens (primary N) is 1. The highest BCUT2D eigenvalue weighted by Gasteiger charge is 1.98. The van der Waals surface area contributed by atoms with Gasteiger partial charge in [0.15, 0.2) is 5.96 Å². The summed E-state index contributed by atoms with van der Waals surface area (Å²) in [5, 5.41) is 9.89. The summed E-state index contributed by atoms with van der Waals surface area (Å²) in [6.45, 7) is 1.07. The van der Waals surface area contributed by atoms with Crippen LogP contribution in [0, 0.1) is 5.41 Å². The molecule has 0 saturated heterocycles. The molecule has 2 aromatic carbocycles. The van der Waals surface area contributed by atoms with E-state index in [1.54, 1.807) is 0 Å². The molecule has 2 rings (SSSR count). The van der Waals surface area contributed by atoms with E-state index in [9.17, 15) is 0 Å². The zero-order valence-corrected chi connectivity index (χ0v) is 10.6. The maximum atomic E-state index is 7.13. The quantitative estimate of drug-likeness (QED) is 0.567. The first-order valence-electron chi connectivity index (χ1n) is 6.07. The van der Waals surface area contributed by atoms with Crippen LogP contribution in [-0.2, 0) is 13.2 Å². The van der Waals surface area contributed by atoms with Crippen molar-refractivity contribution in [1.82, 2.24) is 5.32 Å². The number of guanidine groups is 1. The van der Waals surface area contributed by atoms with E-state index < -0.39 is 0 Å². The van der Waals surface area contributed by atoms with Crippen molar-refractivity contribution in [1.29, 1.82) is 5.41 Å². The van der Waals surface area contributed by atoms with Gasteiger partial charge >= 0.3 is 0 Å². The molecule has 4 heteroatoms. The van der Waals surface area contributed by atoms with Crippen molar-refractivity contribution >= 4 is 5.96 Å². The zero-order chi connectivity index (χ0) is 13.5. The Hall–Kier alpha value is -2.49. The second-order valence-electron chi connectivity index (χ2n) is 4.19. The lowest BCUT2D eigenvalue weighted by molar-refractivity contribution is 0.306. The van der Waals surface area contributed by atoms with Gasteiger partial charge in [-0.1, -0.05) is 42.5 Å². The molecule has 0 saturated carbocycles. The Morgan fingerprint density at radius 3 is 2.53 bits per heavy atom. The SMILES string of the molecule is N=C(N)NCc1cccc(OCc2ccccc2)c1. The van der Waals surface area contributed by atoms with Crippen molar-refractivity contribution in [3.8, 4) is 5.75 Å². The summed E-state index contributed by atoms with van der Waals surface area (Å²) < 4.78 is 5.73. The van der Waals surface area contributed by atoms with Crippen LogP contribution in [0.15, 0.2) is 54.6 Å². The fraction of sp³-hybridized carbons (Fsp3) is 0.133. The van der Waals surface area contributed by atoms with Gasteiger partial charge in [0.2, 0.25) is 0 Å². The second kappa shape index (κ2) is 6.44. The van der Waals surface area contributed by atoms with Gasteiger partial charge in [0.05, 0.1) is 0 Å². The van der Waals surface area contributed by atoms with Gasteiger partial charge < -0.3 is 15.8 Å². The summed E-state index contributed by atoms with van der Waals surface area (Å²) >= 11 is 0.